The van der Waals surface area contributed by atoms with Crippen LogP contribution in [-0.4, -0.2) is 36.0 Å². The molecule has 138 valence electrons. The summed E-state index contributed by atoms with van der Waals surface area (Å²) in [7, 11) is 0. The second kappa shape index (κ2) is 6.53. The molecule has 0 atom stereocenters. The Morgan fingerprint density at radius 2 is 1.69 bits per heavy atom. The van der Waals surface area contributed by atoms with E-state index in [9.17, 15) is 4.79 Å². The number of amides is 1. The topological polar surface area (TPSA) is 32.3 Å². The van der Waals surface area contributed by atoms with Crippen molar-refractivity contribution < 1.29 is 4.79 Å². The maximum absolute atomic E-state index is 12.8. The van der Waals surface area contributed by atoms with E-state index in [1.807, 2.05) is 4.90 Å². The molecule has 4 fully saturated rings. The van der Waals surface area contributed by atoms with Crippen LogP contribution in [0, 0.1) is 17.8 Å². The minimum atomic E-state index is 0.282. The molecule has 1 amide bonds. The van der Waals surface area contributed by atoms with Crippen molar-refractivity contribution in [1.82, 2.24) is 10.2 Å². The van der Waals surface area contributed by atoms with Crippen molar-refractivity contribution in [3.05, 3.63) is 42.0 Å². The van der Waals surface area contributed by atoms with Gasteiger partial charge in [-0.25, -0.2) is 0 Å². The highest BCUT2D eigenvalue weighted by molar-refractivity contribution is 5.80. The molecule has 3 heteroatoms. The quantitative estimate of drug-likeness (QED) is 0.894. The van der Waals surface area contributed by atoms with Crippen molar-refractivity contribution >= 4 is 11.5 Å². The van der Waals surface area contributed by atoms with Crippen molar-refractivity contribution in [3.63, 3.8) is 0 Å². The summed E-state index contributed by atoms with van der Waals surface area (Å²) in [6.45, 7) is 2.13. The number of carbonyl (C=O) groups excluding carboxylic acids is 1. The first kappa shape index (κ1) is 16.6. The maximum Gasteiger partial charge on any atom is 0.236 e. The summed E-state index contributed by atoms with van der Waals surface area (Å²) < 4.78 is 0. The SMILES string of the molecule is O=C(CNC12CC3CC(CC(C3)C1)C2)N1CC=C(c2ccccc2)CC1. The lowest BCUT2D eigenvalue weighted by Crippen LogP contribution is -2.60. The molecule has 4 bridgehead atoms. The van der Waals surface area contributed by atoms with E-state index in [2.05, 4.69) is 41.7 Å². The molecule has 0 unspecified atom stereocenters. The first-order chi connectivity index (χ1) is 12.7. The van der Waals surface area contributed by atoms with Gasteiger partial charge >= 0.3 is 0 Å². The molecule has 4 aliphatic carbocycles. The molecule has 1 aromatic carbocycles. The van der Waals surface area contributed by atoms with Gasteiger partial charge < -0.3 is 10.2 Å². The number of nitrogens with zero attached hydrogens (tertiary/aromatic N) is 1. The Morgan fingerprint density at radius 1 is 1.04 bits per heavy atom. The number of hydrogen-bond acceptors (Lipinski definition) is 2. The van der Waals surface area contributed by atoms with E-state index >= 15 is 0 Å². The zero-order chi connectivity index (χ0) is 17.6. The van der Waals surface area contributed by atoms with Gasteiger partial charge in [-0.3, -0.25) is 4.79 Å². The van der Waals surface area contributed by atoms with Crippen molar-refractivity contribution in [2.75, 3.05) is 19.6 Å². The van der Waals surface area contributed by atoms with E-state index in [1.54, 1.807) is 0 Å². The van der Waals surface area contributed by atoms with Crippen LogP contribution in [0.3, 0.4) is 0 Å². The normalized spacial score (nSPS) is 35.5. The Bertz CT molecular complexity index is 673. The molecule has 26 heavy (non-hydrogen) atoms. The Balaban J connectivity index is 1.18. The smallest absolute Gasteiger partial charge is 0.236 e. The summed E-state index contributed by atoms with van der Waals surface area (Å²) in [4.78, 5) is 14.8. The summed E-state index contributed by atoms with van der Waals surface area (Å²) in [5, 5.41) is 3.76. The largest absolute Gasteiger partial charge is 0.338 e. The molecule has 1 aromatic rings. The molecule has 0 saturated heterocycles. The molecule has 1 heterocycles. The number of nitrogens with one attached hydrogen (secondary N) is 1. The second-order valence-corrected chi connectivity index (χ2v) is 9.24. The van der Waals surface area contributed by atoms with E-state index in [1.165, 1.54) is 49.7 Å². The molecule has 0 aromatic heterocycles. The molecule has 5 aliphatic rings. The monoisotopic (exact) mass is 350 g/mol. The zero-order valence-electron chi connectivity index (χ0n) is 15.6. The minimum absolute atomic E-state index is 0.282. The fourth-order valence-corrected chi connectivity index (χ4v) is 6.51. The highest BCUT2D eigenvalue weighted by Crippen LogP contribution is 2.55. The van der Waals surface area contributed by atoms with Crippen LogP contribution in [0.15, 0.2) is 36.4 Å². The predicted octanol–water partition coefficient (Wildman–Crippen LogP) is 3.86. The summed E-state index contributed by atoms with van der Waals surface area (Å²) in [6.07, 6.45) is 11.5. The average molecular weight is 351 g/mol. The predicted molar refractivity (Wildman–Crippen MR) is 105 cm³/mol. The Kier molecular flexibility index (Phi) is 4.16. The molecular formula is C23H30N2O. The van der Waals surface area contributed by atoms with Gasteiger partial charge in [-0.1, -0.05) is 36.4 Å². The van der Waals surface area contributed by atoms with Gasteiger partial charge in [0, 0.05) is 18.6 Å². The number of hydrogen-bond donors (Lipinski definition) is 1. The summed E-state index contributed by atoms with van der Waals surface area (Å²) in [5.74, 6) is 3.06. The van der Waals surface area contributed by atoms with Gasteiger partial charge in [-0.2, -0.15) is 0 Å². The average Bonchev–Trinajstić information content (AvgIpc) is 2.66. The Hall–Kier alpha value is -1.61. The fourth-order valence-electron chi connectivity index (χ4n) is 6.51. The van der Waals surface area contributed by atoms with Crippen LogP contribution in [0.5, 0.6) is 0 Å². The van der Waals surface area contributed by atoms with Gasteiger partial charge in [0.15, 0.2) is 0 Å². The zero-order valence-corrected chi connectivity index (χ0v) is 15.6. The van der Waals surface area contributed by atoms with Gasteiger partial charge in [-0.05, 0) is 73.8 Å². The number of carbonyl (C=O) groups is 1. The Morgan fingerprint density at radius 3 is 2.27 bits per heavy atom. The highest BCUT2D eigenvalue weighted by Gasteiger charge is 2.50. The third-order valence-electron chi connectivity index (χ3n) is 7.36. The summed E-state index contributed by atoms with van der Waals surface area (Å²) in [6, 6.07) is 10.6. The minimum Gasteiger partial charge on any atom is -0.338 e. The van der Waals surface area contributed by atoms with E-state index in [0.717, 1.165) is 37.3 Å². The number of rotatable bonds is 4. The highest BCUT2D eigenvalue weighted by atomic mass is 16.2. The van der Waals surface area contributed by atoms with Gasteiger partial charge in [-0.15, -0.1) is 0 Å². The molecule has 3 nitrogen and oxygen atoms in total. The lowest BCUT2D eigenvalue weighted by atomic mass is 9.53. The van der Waals surface area contributed by atoms with Gasteiger partial charge in [0.2, 0.25) is 5.91 Å². The van der Waals surface area contributed by atoms with Crippen molar-refractivity contribution in [1.29, 1.82) is 0 Å². The molecule has 0 radical (unpaired) electrons. The van der Waals surface area contributed by atoms with Gasteiger partial charge in [0.1, 0.15) is 0 Å². The van der Waals surface area contributed by atoms with Gasteiger partial charge in [0.25, 0.3) is 0 Å². The van der Waals surface area contributed by atoms with Crippen LogP contribution in [0.4, 0.5) is 0 Å². The Labute approximate surface area is 156 Å². The summed E-state index contributed by atoms with van der Waals surface area (Å²) >= 11 is 0. The van der Waals surface area contributed by atoms with E-state index < -0.39 is 0 Å². The lowest BCUT2D eigenvalue weighted by molar-refractivity contribution is -0.131. The van der Waals surface area contributed by atoms with E-state index in [0.29, 0.717) is 6.54 Å². The third kappa shape index (κ3) is 3.11. The maximum atomic E-state index is 12.8. The van der Waals surface area contributed by atoms with Crippen LogP contribution >= 0.6 is 0 Å². The first-order valence-electron chi connectivity index (χ1n) is 10.5. The standard InChI is InChI=1S/C23H30N2O/c26-22(25-8-6-21(7-9-25)20-4-2-1-3-5-20)16-24-23-13-17-10-18(14-23)12-19(11-17)15-23/h1-6,17-19,24H,7-16H2. The lowest BCUT2D eigenvalue weighted by Gasteiger charge is -2.57. The number of benzene rings is 1. The van der Waals surface area contributed by atoms with Crippen LogP contribution in [0.2, 0.25) is 0 Å². The van der Waals surface area contributed by atoms with E-state index in [-0.39, 0.29) is 11.4 Å². The van der Waals surface area contributed by atoms with E-state index in [4.69, 9.17) is 0 Å². The van der Waals surface area contributed by atoms with Crippen LogP contribution in [0.1, 0.15) is 50.5 Å². The molecular weight excluding hydrogens is 320 g/mol. The third-order valence-corrected chi connectivity index (χ3v) is 7.36. The first-order valence-corrected chi connectivity index (χ1v) is 10.5. The summed E-state index contributed by atoms with van der Waals surface area (Å²) in [5.41, 5.74) is 2.96. The van der Waals surface area contributed by atoms with Crippen LogP contribution in [0.25, 0.3) is 5.57 Å². The molecule has 4 saturated carbocycles. The van der Waals surface area contributed by atoms with Crippen molar-refractivity contribution in [2.45, 2.75) is 50.5 Å². The van der Waals surface area contributed by atoms with Gasteiger partial charge in [0.05, 0.1) is 6.54 Å². The van der Waals surface area contributed by atoms with Crippen molar-refractivity contribution in [2.24, 2.45) is 17.8 Å². The molecule has 6 rings (SSSR count). The van der Waals surface area contributed by atoms with Crippen molar-refractivity contribution in [3.8, 4) is 0 Å². The van der Waals surface area contributed by atoms with Crippen LogP contribution in [-0.2, 0) is 4.79 Å². The molecule has 1 aliphatic heterocycles. The fraction of sp³-hybridized carbons (Fsp3) is 0.609. The molecule has 1 N–H and O–H groups in total. The van der Waals surface area contributed by atoms with Crippen LogP contribution < -0.4 is 5.32 Å². The second-order valence-electron chi connectivity index (χ2n) is 9.24. The molecule has 0 spiro atoms.